The summed E-state index contributed by atoms with van der Waals surface area (Å²) in [6.45, 7) is 9.90. The number of piperidine rings is 1. The van der Waals surface area contributed by atoms with Crippen LogP contribution in [0.5, 0.6) is 5.75 Å². The van der Waals surface area contributed by atoms with Crippen LogP contribution in [0.2, 0.25) is 0 Å². The minimum absolute atomic E-state index is 0.0730. The highest BCUT2D eigenvalue weighted by atomic mass is 32.1. The summed E-state index contributed by atoms with van der Waals surface area (Å²) in [6.07, 6.45) is 4.23. The maximum Gasteiger partial charge on any atom is 0.270 e. The van der Waals surface area contributed by atoms with Gasteiger partial charge in [-0.2, -0.15) is 0 Å². The van der Waals surface area contributed by atoms with Crippen molar-refractivity contribution >= 4 is 17.2 Å². The van der Waals surface area contributed by atoms with Gasteiger partial charge in [0.15, 0.2) is 0 Å². The van der Waals surface area contributed by atoms with E-state index in [1.807, 2.05) is 36.6 Å². The highest BCUT2D eigenvalue weighted by molar-refractivity contribution is 7.13. The molecule has 5 nitrogen and oxygen atoms in total. The molecular formula is C22H29N3O2S. The number of benzene rings is 1. The van der Waals surface area contributed by atoms with Crippen molar-refractivity contribution in [1.82, 2.24) is 15.2 Å². The van der Waals surface area contributed by atoms with Crippen LogP contribution in [0.15, 0.2) is 41.3 Å². The third-order valence-corrected chi connectivity index (χ3v) is 5.72. The lowest BCUT2D eigenvalue weighted by molar-refractivity contribution is 0.0910. The van der Waals surface area contributed by atoms with Crippen LogP contribution in [0, 0.1) is 0 Å². The zero-order valence-electron chi connectivity index (χ0n) is 16.9. The summed E-state index contributed by atoms with van der Waals surface area (Å²) in [4.78, 5) is 19.5. The number of thiazole rings is 1. The molecule has 0 spiro atoms. The van der Waals surface area contributed by atoms with Gasteiger partial charge >= 0.3 is 0 Å². The molecule has 0 bridgehead atoms. The molecule has 28 heavy (non-hydrogen) atoms. The number of amides is 1. The molecule has 3 rings (SSSR count). The lowest BCUT2D eigenvalue weighted by atomic mass is 10.0. The molecule has 2 aromatic rings. The van der Waals surface area contributed by atoms with Gasteiger partial charge in [0.2, 0.25) is 0 Å². The van der Waals surface area contributed by atoms with E-state index in [4.69, 9.17) is 4.74 Å². The predicted molar refractivity (Wildman–Crippen MR) is 115 cm³/mol. The Bertz CT molecular complexity index is 801. The molecule has 0 atom stereocenters. The summed E-state index contributed by atoms with van der Waals surface area (Å²) in [7, 11) is 0. The highest BCUT2D eigenvalue weighted by Crippen LogP contribution is 2.26. The Kier molecular flexibility index (Phi) is 7.23. The highest BCUT2D eigenvalue weighted by Gasteiger charge is 2.21. The minimum atomic E-state index is -0.0730. The smallest absolute Gasteiger partial charge is 0.270 e. The number of hydrogen-bond acceptors (Lipinski definition) is 5. The average molecular weight is 400 g/mol. The maximum absolute atomic E-state index is 12.6. The topological polar surface area (TPSA) is 54.5 Å². The number of allylic oxidation sites excluding steroid dienone is 1. The van der Waals surface area contributed by atoms with Gasteiger partial charge in [0.1, 0.15) is 16.5 Å². The molecule has 150 valence electrons. The van der Waals surface area contributed by atoms with Gasteiger partial charge in [-0.3, -0.25) is 9.69 Å². The van der Waals surface area contributed by atoms with Gasteiger partial charge in [-0.25, -0.2) is 4.98 Å². The summed E-state index contributed by atoms with van der Waals surface area (Å²) in [5.74, 6) is 0.771. The van der Waals surface area contributed by atoms with Crippen LogP contribution < -0.4 is 10.1 Å². The molecule has 0 saturated carbocycles. The predicted octanol–water partition coefficient (Wildman–Crippen LogP) is 4.37. The van der Waals surface area contributed by atoms with Crippen molar-refractivity contribution in [3.8, 4) is 16.3 Å². The second-order valence-corrected chi connectivity index (χ2v) is 8.18. The first-order chi connectivity index (χ1) is 13.5. The van der Waals surface area contributed by atoms with Crippen molar-refractivity contribution in [3.63, 3.8) is 0 Å². The van der Waals surface area contributed by atoms with Crippen molar-refractivity contribution in [1.29, 1.82) is 0 Å². The molecule has 1 aliphatic heterocycles. The van der Waals surface area contributed by atoms with Gasteiger partial charge in [-0.15, -0.1) is 11.3 Å². The van der Waals surface area contributed by atoms with Gasteiger partial charge in [0.05, 0.1) is 6.61 Å². The van der Waals surface area contributed by atoms with Crippen LogP contribution in [0.1, 0.15) is 44.1 Å². The van der Waals surface area contributed by atoms with Crippen LogP contribution in [0.25, 0.3) is 10.6 Å². The lowest BCUT2D eigenvalue weighted by Crippen LogP contribution is -2.44. The number of carbonyl (C=O) groups excluding carboxylic acids is 1. The van der Waals surface area contributed by atoms with E-state index in [0.29, 0.717) is 12.3 Å². The summed E-state index contributed by atoms with van der Waals surface area (Å²) in [5, 5.41) is 5.84. The number of nitrogens with zero attached hydrogens (tertiary/aromatic N) is 2. The van der Waals surface area contributed by atoms with E-state index < -0.39 is 0 Å². The van der Waals surface area contributed by atoms with Crippen molar-refractivity contribution in [2.24, 2.45) is 0 Å². The first-order valence-electron chi connectivity index (χ1n) is 9.90. The van der Waals surface area contributed by atoms with E-state index in [1.54, 1.807) is 0 Å². The zero-order chi connectivity index (χ0) is 19.9. The maximum atomic E-state index is 12.6. The molecular weight excluding hydrogens is 370 g/mol. The standard InChI is InChI=1S/C22H29N3O2S/c1-4-27-19-7-5-17(6-8-19)22-24-20(15-28-22)21(26)23-18-10-13-25(14-11-18)12-9-16(2)3/h5-9,15,18H,4,10-14H2,1-3H3,(H,23,26). The van der Waals surface area contributed by atoms with E-state index in [1.165, 1.54) is 16.9 Å². The van der Waals surface area contributed by atoms with E-state index in [9.17, 15) is 4.79 Å². The molecule has 0 radical (unpaired) electrons. The quantitative estimate of drug-likeness (QED) is 0.703. The Morgan fingerprint density at radius 1 is 1.29 bits per heavy atom. The SMILES string of the molecule is CCOc1ccc(-c2nc(C(=O)NC3CCN(CC=C(C)C)CC3)cs2)cc1. The van der Waals surface area contributed by atoms with Crippen LogP contribution in [-0.4, -0.2) is 48.1 Å². The van der Waals surface area contributed by atoms with Gasteiger partial charge < -0.3 is 10.1 Å². The molecule has 1 amide bonds. The Balaban J connectivity index is 1.52. The minimum Gasteiger partial charge on any atom is -0.494 e. The second kappa shape index (κ2) is 9.85. The van der Waals surface area contributed by atoms with Gasteiger partial charge in [-0.05, 0) is 57.9 Å². The molecule has 2 heterocycles. The molecule has 0 unspecified atom stereocenters. The fourth-order valence-corrected chi connectivity index (χ4v) is 4.01. The molecule has 1 aliphatic rings. The first-order valence-corrected chi connectivity index (χ1v) is 10.8. The number of nitrogens with one attached hydrogen (secondary N) is 1. The molecule has 6 heteroatoms. The summed E-state index contributed by atoms with van der Waals surface area (Å²) in [5.41, 5.74) is 2.85. The van der Waals surface area contributed by atoms with Crippen molar-refractivity contribution in [2.45, 2.75) is 39.7 Å². The largest absolute Gasteiger partial charge is 0.494 e. The molecule has 0 aliphatic carbocycles. The summed E-state index contributed by atoms with van der Waals surface area (Å²) < 4.78 is 5.47. The van der Waals surface area contributed by atoms with E-state index >= 15 is 0 Å². The lowest BCUT2D eigenvalue weighted by Gasteiger charge is -2.31. The van der Waals surface area contributed by atoms with Crippen molar-refractivity contribution < 1.29 is 9.53 Å². The third-order valence-electron chi connectivity index (χ3n) is 4.83. The number of aromatic nitrogens is 1. The average Bonchev–Trinajstić information content (AvgIpc) is 3.19. The number of hydrogen-bond donors (Lipinski definition) is 1. The third kappa shape index (κ3) is 5.66. The molecule has 1 N–H and O–H groups in total. The second-order valence-electron chi connectivity index (χ2n) is 7.33. The van der Waals surface area contributed by atoms with Crippen molar-refractivity contribution in [3.05, 3.63) is 47.0 Å². The number of carbonyl (C=O) groups is 1. The fraction of sp³-hybridized carbons (Fsp3) is 0.455. The molecule has 1 saturated heterocycles. The number of likely N-dealkylation sites (tertiary alicyclic amines) is 1. The Labute approximate surface area is 171 Å². The number of ether oxygens (including phenoxy) is 1. The van der Waals surface area contributed by atoms with E-state index in [-0.39, 0.29) is 11.9 Å². The van der Waals surface area contributed by atoms with Crippen LogP contribution in [0.4, 0.5) is 0 Å². The van der Waals surface area contributed by atoms with Gasteiger partial charge in [0.25, 0.3) is 5.91 Å². The van der Waals surface area contributed by atoms with Crippen LogP contribution >= 0.6 is 11.3 Å². The molecule has 1 aromatic carbocycles. The van der Waals surface area contributed by atoms with Gasteiger partial charge in [-0.1, -0.05) is 11.6 Å². The summed E-state index contributed by atoms with van der Waals surface area (Å²) >= 11 is 1.49. The molecule has 1 fully saturated rings. The Morgan fingerprint density at radius 2 is 2.00 bits per heavy atom. The summed E-state index contributed by atoms with van der Waals surface area (Å²) in [6, 6.07) is 8.05. The van der Waals surface area contributed by atoms with Crippen LogP contribution in [-0.2, 0) is 0 Å². The van der Waals surface area contributed by atoms with E-state index in [0.717, 1.165) is 48.8 Å². The van der Waals surface area contributed by atoms with Gasteiger partial charge in [0, 0.05) is 36.6 Å². The first kappa shape index (κ1) is 20.6. The van der Waals surface area contributed by atoms with E-state index in [2.05, 4.69) is 35.1 Å². The fourth-order valence-electron chi connectivity index (χ4n) is 3.20. The zero-order valence-corrected chi connectivity index (χ0v) is 17.7. The number of rotatable bonds is 7. The Hall–Kier alpha value is -2.18. The normalized spacial score (nSPS) is 15.2. The monoisotopic (exact) mass is 399 g/mol. The van der Waals surface area contributed by atoms with Crippen molar-refractivity contribution in [2.75, 3.05) is 26.2 Å². The Morgan fingerprint density at radius 3 is 2.64 bits per heavy atom. The molecule has 1 aromatic heterocycles. The van der Waals surface area contributed by atoms with Crippen LogP contribution in [0.3, 0.4) is 0 Å².